The minimum Gasteiger partial charge on any atom is -0.366 e. The average molecular weight is 482 g/mol. The van der Waals surface area contributed by atoms with Gasteiger partial charge in [0.15, 0.2) is 0 Å². The molecule has 2 amide bonds. The van der Waals surface area contributed by atoms with Crippen LogP contribution in [0, 0.1) is 11.6 Å². The molecule has 178 valence electrons. The van der Waals surface area contributed by atoms with E-state index in [9.17, 15) is 18.4 Å². The van der Waals surface area contributed by atoms with Crippen LogP contribution in [0.1, 0.15) is 60.7 Å². The number of primary amides is 1. The molecule has 36 heavy (non-hydrogen) atoms. The van der Waals surface area contributed by atoms with Crippen LogP contribution in [0.25, 0.3) is 11.1 Å². The molecule has 2 aliphatic rings. The molecule has 0 saturated carbocycles. The summed E-state index contributed by atoms with van der Waals surface area (Å²) in [7, 11) is 0. The van der Waals surface area contributed by atoms with Crippen molar-refractivity contribution in [2.45, 2.75) is 18.8 Å². The first-order valence-corrected chi connectivity index (χ1v) is 11.4. The lowest BCUT2D eigenvalue weighted by Gasteiger charge is -2.18. The summed E-state index contributed by atoms with van der Waals surface area (Å²) >= 11 is 0. The van der Waals surface area contributed by atoms with Crippen LogP contribution in [-0.2, 0) is 11.3 Å². The smallest absolute Gasteiger partial charge is 0.251 e. The van der Waals surface area contributed by atoms with Crippen LogP contribution in [0.2, 0.25) is 0 Å². The number of halogens is 2. The number of benzene rings is 4. The van der Waals surface area contributed by atoms with Gasteiger partial charge < -0.3 is 15.8 Å². The van der Waals surface area contributed by atoms with Crippen molar-refractivity contribution in [2.75, 3.05) is 0 Å². The lowest BCUT2D eigenvalue weighted by Crippen LogP contribution is -2.23. The third kappa shape index (κ3) is 3.65. The van der Waals surface area contributed by atoms with Gasteiger partial charge in [-0.15, -0.1) is 0 Å². The maximum Gasteiger partial charge on any atom is 0.251 e. The summed E-state index contributed by atoms with van der Waals surface area (Å²) in [6, 6.07) is 21.4. The number of hydrogen-bond donors (Lipinski definition) is 2. The van der Waals surface area contributed by atoms with E-state index in [4.69, 9.17) is 10.5 Å². The van der Waals surface area contributed by atoms with Crippen molar-refractivity contribution in [1.29, 1.82) is 0 Å². The summed E-state index contributed by atoms with van der Waals surface area (Å²) < 4.78 is 34.0. The lowest BCUT2D eigenvalue weighted by molar-refractivity contribution is 0.0857. The molecule has 0 spiro atoms. The molecule has 3 N–H and O–H groups in total. The van der Waals surface area contributed by atoms with Crippen molar-refractivity contribution in [2.24, 2.45) is 5.73 Å². The van der Waals surface area contributed by atoms with E-state index >= 15 is 0 Å². The van der Waals surface area contributed by atoms with E-state index in [-0.39, 0.29) is 24.7 Å². The van der Waals surface area contributed by atoms with Crippen molar-refractivity contribution in [3.63, 3.8) is 0 Å². The van der Waals surface area contributed by atoms with Crippen LogP contribution < -0.4 is 11.1 Å². The van der Waals surface area contributed by atoms with Crippen LogP contribution in [0.3, 0.4) is 0 Å². The fourth-order valence-corrected chi connectivity index (χ4v) is 5.00. The standard InChI is InChI=1S/C29H20F2N2O3/c30-19-6-9-20(25(31)13-19)16-4-7-21-23(11-16)27-24-12-18(5-8-22(24)26(21)36-27)29(35)33-14-15-2-1-3-17(10-15)28(32)34/h1-13,26-27H,14H2,(H2,32,34)(H,33,35)/t26-,27+/m0/s1. The summed E-state index contributed by atoms with van der Waals surface area (Å²) in [6.45, 7) is 0.245. The van der Waals surface area contributed by atoms with Gasteiger partial charge in [0.25, 0.3) is 5.91 Å². The quantitative estimate of drug-likeness (QED) is 0.411. The van der Waals surface area contributed by atoms with Gasteiger partial charge in [-0.05, 0) is 75.8 Å². The Bertz CT molecular complexity index is 1570. The molecule has 5 nitrogen and oxygen atoms in total. The highest BCUT2D eigenvalue weighted by molar-refractivity contribution is 5.95. The summed E-state index contributed by atoms with van der Waals surface area (Å²) in [5.41, 5.74) is 11.7. The molecule has 4 aromatic carbocycles. The fourth-order valence-electron chi connectivity index (χ4n) is 5.00. The van der Waals surface area contributed by atoms with Gasteiger partial charge in [0.05, 0.1) is 0 Å². The van der Waals surface area contributed by atoms with Crippen molar-refractivity contribution < 1.29 is 23.1 Å². The van der Waals surface area contributed by atoms with E-state index in [1.54, 1.807) is 30.3 Å². The van der Waals surface area contributed by atoms with Gasteiger partial charge in [0.2, 0.25) is 5.91 Å². The molecule has 2 heterocycles. The zero-order valence-corrected chi connectivity index (χ0v) is 18.9. The maximum absolute atomic E-state index is 14.4. The zero-order valence-electron chi connectivity index (χ0n) is 18.9. The van der Waals surface area contributed by atoms with E-state index in [0.717, 1.165) is 33.9 Å². The van der Waals surface area contributed by atoms with Crippen molar-refractivity contribution in [1.82, 2.24) is 5.32 Å². The molecule has 6 rings (SSSR count). The minimum absolute atomic E-state index is 0.245. The Morgan fingerprint density at radius 1 is 0.806 bits per heavy atom. The van der Waals surface area contributed by atoms with Gasteiger partial charge in [0.1, 0.15) is 23.8 Å². The van der Waals surface area contributed by atoms with Crippen LogP contribution in [0.5, 0.6) is 0 Å². The number of carbonyl (C=O) groups is 2. The zero-order chi connectivity index (χ0) is 25.0. The number of nitrogens with two attached hydrogens (primary N) is 1. The molecule has 4 aromatic rings. The highest BCUT2D eigenvalue weighted by Gasteiger charge is 2.43. The van der Waals surface area contributed by atoms with Crippen LogP contribution in [-0.4, -0.2) is 11.8 Å². The highest BCUT2D eigenvalue weighted by atomic mass is 19.1. The molecule has 2 bridgehead atoms. The topological polar surface area (TPSA) is 81.4 Å². The van der Waals surface area contributed by atoms with E-state index < -0.39 is 17.5 Å². The summed E-state index contributed by atoms with van der Waals surface area (Å²) in [4.78, 5) is 24.3. The first kappa shape index (κ1) is 22.1. The number of hydrogen-bond acceptors (Lipinski definition) is 3. The second-order valence-corrected chi connectivity index (χ2v) is 8.96. The van der Waals surface area contributed by atoms with Crippen molar-refractivity contribution in [3.05, 3.63) is 129 Å². The second kappa shape index (κ2) is 8.39. The SMILES string of the molecule is NC(=O)c1cccc(CNC(=O)c2ccc3c(c2)[C@@H]2O[C@H]3c3ccc(-c4ccc(F)cc4F)cc32)c1. The third-order valence-electron chi connectivity index (χ3n) is 6.74. The lowest BCUT2D eigenvalue weighted by atomic mass is 9.83. The summed E-state index contributed by atoms with van der Waals surface area (Å²) in [6.07, 6.45) is -0.621. The Morgan fingerprint density at radius 3 is 2.33 bits per heavy atom. The number of ether oxygens (including phenoxy) is 1. The van der Waals surface area contributed by atoms with Gasteiger partial charge in [-0.2, -0.15) is 0 Å². The van der Waals surface area contributed by atoms with Gasteiger partial charge >= 0.3 is 0 Å². The Labute approximate surface area is 205 Å². The number of rotatable bonds is 5. The van der Waals surface area contributed by atoms with E-state index in [1.807, 2.05) is 30.3 Å². The molecule has 0 fully saturated rings. The number of carbonyl (C=O) groups excluding carboxylic acids is 2. The summed E-state index contributed by atoms with van der Waals surface area (Å²) in [5.74, 6) is -2.03. The molecule has 2 aliphatic heterocycles. The monoisotopic (exact) mass is 482 g/mol. The largest absolute Gasteiger partial charge is 0.366 e. The molecule has 0 radical (unpaired) electrons. The first-order valence-electron chi connectivity index (χ1n) is 11.4. The van der Waals surface area contributed by atoms with Gasteiger partial charge in [0, 0.05) is 29.3 Å². The Morgan fingerprint density at radius 2 is 1.56 bits per heavy atom. The molecule has 0 aliphatic carbocycles. The van der Waals surface area contributed by atoms with Crippen LogP contribution in [0.15, 0.2) is 78.9 Å². The molecule has 0 unspecified atom stereocenters. The number of amides is 2. The van der Waals surface area contributed by atoms with Crippen LogP contribution >= 0.6 is 0 Å². The predicted octanol–water partition coefficient (Wildman–Crippen LogP) is 5.18. The molecule has 0 saturated heterocycles. The van der Waals surface area contributed by atoms with Crippen molar-refractivity contribution in [3.8, 4) is 11.1 Å². The predicted molar refractivity (Wildman–Crippen MR) is 129 cm³/mol. The Hall–Kier alpha value is -4.36. The van der Waals surface area contributed by atoms with Crippen molar-refractivity contribution >= 4 is 11.8 Å². The van der Waals surface area contributed by atoms with E-state index in [1.165, 1.54) is 12.1 Å². The van der Waals surface area contributed by atoms with Gasteiger partial charge in [-0.3, -0.25) is 9.59 Å². The first-order chi connectivity index (χ1) is 17.4. The Kier molecular flexibility index (Phi) is 5.16. The van der Waals surface area contributed by atoms with Crippen LogP contribution in [0.4, 0.5) is 8.78 Å². The summed E-state index contributed by atoms with van der Waals surface area (Å²) in [5, 5.41) is 2.87. The Balaban J connectivity index is 1.25. The normalized spacial score (nSPS) is 16.9. The highest BCUT2D eigenvalue weighted by Crippen LogP contribution is 2.54. The van der Waals surface area contributed by atoms with Gasteiger partial charge in [-0.1, -0.05) is 30.3 Å². The van der Waals surface area contributed by atoms with Gasteiger partial charge in [-0.25, -0.2) is 8.78 Å². The minimum atomic E-state index is -0.625. The number of fused-ring (bicyclic) bond motifs is 8. The third-order valence-corrected chi connectivity index (χ3v) is 6.74. The molecule has 7 heteroatoms. The molecule has 0 aromatic heterocycles. The van der Waals surface area contributed by atoms with E-state index in [0.29, 0.717) is 22.3 Å². The molecule has 2 atom stereocenters. The average Bonchev–Trinajstić information content (AvgIpc) is 3.44. The number of nitrogens with one attached hydrogen (secondary N) is 1. The maximum atomic E-state index is 14.4. The second-order valence-electron chi connectivity index (χ2n) is 8.96. The molecular weight excluding hydrogens is 462 g/mol. The fraction of sp³-hybridized carbons (Fsp3) is 0.103. The van der Waals surface area contributed by atoms with E-state index in [2.05, 4.69) is 5.32 Å². The molecular formula is C29H20F2N2O3.